The molecule has 0 bridgehead atoms. The molecule has 1 heterocycles. The summed E-state index contributed by atoms with van der Waals surface area (Å²) in [4.78, 5) is 24.4. The van der Waals surface area contributed by atoms with Crippen LogP contribution >= 0.6 is 0 Å². The Bertz CT molecular complexity index is 848. The van der Waals surface area contributed by atoms with Gasteiger partial charge in [0.05, 0.1) is 17.2 Å². The van der Waals surface area contributed by atoms with E-state index in [9.17, 15) is 22.8 Å². The van der Waals surface area contributed by atoms with E-state index in [0.717, 1.165) is 12.1 Å². The van der Waals surface area contributed by atoms with Crippen molar-refractivity contribution in [3.8, 4) is 0 Å². The van der Waals surface area contributed by atoms with E-state index in [4.69, 9.17) is 4.74 Å². The summed E-state index contributed by atoms with van der Waals surface area (Å²) in [6.07, 6.45) is -5.24. The minimum Gasteiger partial charge on any atom is -0.448 e. The molecule has 0 fully saturated rings. The summed E-state index contributed by atoms with van der Waals surface area (Å²) in [6, 6.07) is 10.9. The average Bonchev–Trinajstić information content (AvgIpc) is 2.61. The van der Waals surface area contributed by atoms with Crippen molar-refractivity contribution >= 4 is 11.9 Å². The number of hydrogen-bond acceptors (Lipinski definition) is 3. The summed E-state index contributed by atoms with van der Waals surface area (Å²) in [5.74, 6) is -1.13. The number of esters is 1. The Labute approximate surface area is 148 Å². The topological polar surface area (TPSA) is 55.4 Å². The van der Waals surface area contributed by atoms with Gasteiger partial charge in [0.15, 0.2) is 6.10 Å². The lowest BCUT2D eigenvalue weighted by atomic mass is 9.98. The first-order valence-corrected chi connectivity index (χ1v) is 8.02. The molecule has 0 spiro atoms. The van der Waals surface area contributed by atoms with Gasteiger partial charge in [0.1, 0.15) is 0 Å². The monoisotopic (exact) mass is 363 g/mol. The lowest BCUT2D eigenvalue weighted by Crippen LogP contribution is -2.42. The zero-order chi connectivity index (χ0) is 18.9. The molecule has 2 aromatic rings. The number of cyclic esters (lactones) is 1. The van der Waals surface area contributed by atoms with E-state index in [-0.39, 0.29) is 6.42 Å². The molecule has 2 atom stereocenters. The predicted octanol–water partition coefficient (Wildman–Crippen LogP) is 3.66. The number of ether oxygens (including phenoxy) is 1. The number of carbonyl (C=O) groups excluding carboxylic acids is 2. The van der Waals surface area contributed by atoms with Crippen LogP contribution in [0, 0.1) is 0 Å². The minimum atomic E-state index is -4.46. The third-order valence-corrected chi connectivity index (χ3v) is 4.26. The third-order valence-electron chi connectivity index (χ3n) is 4.26. The van der Waals surface area contributed by atoms with E-state index in [0.29, 0.717) is 16.7 Å². The van der Waals surface area contributed by atoms with Gasteiger partial charge in [0.25, 0.3) is 5.91 Å². The normalized spacial score (nSPS) is 17.8. The van der Waals surface area contributed by atoms with Gasteiger partial charge in [-0.3, -0.25) is 4.79 Å². The van der Waals surface area contributed by atoms with E-state index >= 15 is 0 Å². The first-order valence-electron chi connectivity index (χ1n) is 8.02. The van der Waals surface area contributed by atoms with Gasteiger partial charge in [-0.2, -0.15) is 13.2 Å². The second-order valence-electron chi connectivity index (χ2n) is 6.11. The van der Waals surface area contributed by atoms with Gasteiger partial charge in [0.2, 0.25) is 0 Å². The van der Waals surface area contributed by atoms with Gasteiger partial charge in [-0.1, -0.05) is 30.3 Å². The van der Waals surface area contributed by atoms with Crippen molar-refractivity contribution in [3.05, 3.63) is 70.8 Å². The highest BCUT2D eigenvalue weighted by molar-refractivity contribution is 5.95. The Morgan fingerprint density at radius 2 is 1.92 bits per heavy atom. The van der Waals surface area contributed by atoms with Crippen molar-refractivity contribution in [1.82, 2.24) is 5.32 Å². The van der Waals surface area contributed by atoms with Crippen molar-refractivity contribution in [2.24, 2.45) is 0 Å². The summed E-state index contributed by atoms with van der Waals surface area (Å²) in [5, 5.41) is 2.61. The SMILES string of the molecule is CC(NC(=O)C1Cc2ccccc2C(=O)O1)c1cccc(C(F)(F)F)c1. The number of rotatable bonds is 3. The number of alkyl halides is 3. The molecule has 1 aliphatic rings. The van der Waals surface area contributed by atoms with Crippen molar-refractivity contribution in [2.45, 2.75) is 31.7 Å². The third kappa shape index (κ3) is 3.71. The highest BCUT2D eigenvalue weighted by Gasteiger charge is 2.33. The summed E-state index contributed by atoms with van der Waals surface area (Å²) < 4.78 is 43.6. The molecule has 0 saturated heterocycles. The van der Waals surface area contributed by atoms with E-state index < -0.39 is 35.8 Å². The van der Waals surface area contributed by atoms with Gasteiger partial charge >= 0.3 is 12.1 Å². The number of carbonyl (C=O) groups is 2. The van der Waals surface area contributed by atoms with Gasteiger partial charge in [0, 0.05) is 6.42 Å². The Kier molecular flexibility index (Phi) is 4.71. The lowest BCUT2D eigenvalue weighted by Gasteiger charge is -2.25. The molecule has 2 aromatic carbocycles. The first-order chi connectivity index (χ1) is 12.3. The van der Waals surface area contributed by atoms with Crippen molar-refractivity contribution in [2.75, 3.05) is 0 Å². The van der Waals surface area contributed by atoms with E-state index in [1.807, 2.05) is 0 Å². The van der Waals surface area contributed by atoms with Crippen molar-refractivity contribution in [3.63, 3.8) is 0 Å². The molecule has 0 aliphatic carbocycles. The minimum absolute atomic E-state index is 0.225. The number of halogens is 3. The van der Waals surface area contributed by atoms with Crippen LogP contribution in [0.5, 0.6) is 0 Å². The van der Waals surface area contributed by atoms with Crippen molar-refractivity contribution in [1.29, 1.82) is 0 Å². The molecule has 1 aliphatic heterocycles. The second kappa shape index (κ2) is 6.82. The Morgan fingerprint density at radius 3 is 2.65 bits per heavy atom. The largest absolute Gasteiger partial charge is 0.448 e. The molecule has 3 rings (SSSR count). The quantitative estimate of drug-likeness (QED) is 0.847. The molecule has 136 valence electrons. The number of fused-ring (bicyclic) bond motifs is 1. The summed E-state index contributed by atoms with van der Waals surface area (Å²) in [5.41, 5.74) is 0.655. The molecule has 0 aromatic heterocycles. The lowest BCUT2D eigenvalue weighted by molar-refractivity contribution is -0.137. The fraction of sp³-hybridized carbons (Fsp3) is 0.263. The van der Waals surface area contributed by atoms with Gasteiger partial charge in [-0.05, 0) is 36.2 Å². The smallest absolute Gasteiger partial charge is 0.416 e. The van der Waals surface area contributed by atoms with Crippen molar-refractivity contribution < 1.29 is 27.5 Å². The van der Waals surface area contributed by atoms with E-state index in [2.05, 4.69) is 5.32 Å². The van der Waals surface area contributed by atoms with Crippen LogP contribution in [0.3, 0.4) is 0 Å². The molecule has 2 unspecified atom stereocenters. The maximum atomic E-state index is 12.8. The number of nitrogens with one attached hydrogen (secondary N) is 1. The standard InChI is InChI=1S/C19H16F3NO3/c1-11(12-6-4-7-14(9-12)19(20,21)22)23-17(24)16-10-13-5-2-3-8-15(13)18(25)26-16/h2-9,11,16H,10H2,1H3,(H,23,24). The van der Waals surface area contributed by atoms with Crippen LogP contribution in [0.25, 0.3) is 0 Å². The molecule has 1 N–H and O–H groups in total. The summed E-state index contributed by atoms with van der Waals surface area (Å²) in [7, 11) is 0. The molecule has 26 heavy (non-hydrogen) atoms. The Hall–Kier alpha value is -2.83. The predicted molar refractivity (Wildman–Crippen MR) is 87.4 cm³/mol. The zero-order valence-electron chi connectivity index (χ0n) is 13.8. The number of hydrogen-bond donors (Lipinski definition) is 1. The second-order valence-corrected chi connectivity index (χ2v) is 6.11. The fourth-order valence-electron chi connectivity index (χ4n) is 2.85. The van der Waals surface area contributed by atoms with E-state index in [1.54, 1.807) is 31.2 Å². The Balaban J connectivity index is 1.72. The maximum Gasteiger partial charge on any atom is 0.416 e. The van der Waals surface area contributed by atoms with Crippen LogP contribution < -0.4 is 5.32 Å². The highest BCUT2D eigenvalue weighted by Crippen LogP contribution is 2.31. The van der Waals surface area contributed by atoms with Gasteiger partial charge < -0.3 is 10.1 Å². The van der Waals surface area contributed by atoms with Crippen LogP contribution in [0.4, 0.5) is 13.2 Å². The molecule has 0 radical (unpaired) electrons. The van der Waals surface area contributed by atoms with Crippen LogP contribution in [-0.2, 0) is 22.1 Å². The first kappa shape index (κ1) is 18.0. The summed E-state index contributed by atoms with van der Waals surface area (Å²) in [6.45, 7) is 1.58. The fourth-order valence-corrected chi connectivity index (χ4v) is 2.85. The van der Waals surface area contributed by atoms with Crippen LogP contribution in [0.15, 0.2) is 48.5 Å². The highest BCUT2D eigenvalue weighted by atomic mass is 19.4. The molecular weight excluding hydrogens is 347 g/mol. The molecule has 4 nitrogen and oxygen atoms in total. The molecule has 0 saturated carbocycles. The average molecular weight is 363 g/mol. The zero-order valence-corrected chi connectivity index (χ0v) is 13.8. The van der Waals surface area contributed by atoms with Crippen LogP contribution in [0.2, 0.25) is 0 Å². The van der Waals surface area contributed by atoms with E-state index in [1.165, 1.54) is 12.1 Å². The van der Waals surface area contributed by atoms with Crippen LogP contribution in [-0.4, -0.2) is 18.0 Å². The summed E-state index contributed by atoms with van der Waals surface area (Å²) >= 11 is 0. The molecule has 1 amide bonds. The molecule has 7 heteroatoms. The van der Waals surface area contributed by atoms with Gasteiger partial charge in [-0.25, -0.2) is 4.79 Å². The van der Waals surface area contributed by atoms with Crippen LogP contribution in [0.1, 0.15) is 40.0 Å². The molecular formula is C19H16F3NO3. The maximum absolute atomic E-state index is 12.8. The number of amides is 1. The number of benzene rings is 2. The van der Waals surface area contributed by atoms with Gasteiger partial charge in [-0.15, -0.1) is 0 Å². The Morgan fingerprint density at radius 1 is 1.19 bits per heavy atom.